The van der Waals surface area contributed by atoms with Crippen molar-refractivity contribution in [2.75, 3.05) is 18.5 Å². The van der Waals surface area contributed by atoms with Gasteiger partial charge in [-0.1, -0.05) is 32.0 Å². The summed E-state index contributed by atoms with van der Waals surface area (Å²) in [6.45, 7) is 4.13. The molecule has 0 spiro atoms. The minimum atomic E-state index is -0.879. The van der Waals surface area contributed by atoms with Crippen LogP contribution in [0.4, 0.5) is 14.9 Å². The maximum absolute atomic E-state index is 12.8. The quantitative estimate of drug-likeness (QED) is 0.718. The number of para-hydroxylation sites is 1. The van der Waals surface area contributed by atoms with Gasteiger partial charge in [0.05, 0.1) is 0 Å². The molecule has 6 heteroatoms. The summed E-state index contributed by atoms with van der Waals surface area (Å²) in [5, 5.41) is 15.3. The van der Waals surface area contributed by atoms with E-state index in [9.17, 15) is 14.3 Å². The Hall–Kier alpha value is -2.60. The van der Waals surface area contributed by atoms with Crippen molar-refractivity contribution in [3.05, 3.63) is 59.9 Å². The Morgan fingerprint density at radius 3 is 2.52 bits per heavy atom. The number of rotatable bonds is 7. The summed E-state index contributed by atoms with van der Waals surface area (Å²) in [6.07, 6.45) is -0.879. The number of hydrogen-bond acceptors (Lipinski definition) is 3. The molecule has 1 unspecified atom stereocenters. The summed E-state index contributed by atoms with van der Waals surface area (Å²) in [6, 6.07) is 12.7. The molecular weight excluding hydrogens is 323 g/mol. The van der Waals surface area contributed by atoms with Crippen molar-refractivity contribution in [2.45, 2.75) is 25.9 Å². The van der Waals surface area contributed by atoms with Gasteiger partial charge >= 0.3 is 6.03 Å². The molecule has 0 saturated heterocycles. The highest BCUT2D eigenvalue weighted by Gasteiger charge is 2.11. The highest BCUT2D eigenvalue weighted by Crippen LogP contribution is 2.23. The third-order valence-electron chi connectivity index (χ3n) is 3.59. The van der Waals surface area contributed by atoms with Gasteiger partial charge in [-0.3, -0.25) is 0 Å². The molecule has 0 saturated carbocycles. The van der Waals surface area contributed by atoms with Crippen molar-refractivity contribution >= 4 is 11.7 Å². The number of carbonyl (C=O) groups excluding carboxylic acids is 1. The van der Waals surface area contributed by atoms with Gasteiger partial charge in [0.15, 0.2) is 0 Å². The Balaban J connectivity index is 1.77. The van der Waals surface area contributed by atoms with E-state index in [1.807, 2.05) is 24.3 Å². The number of amides is 2. The molecule has 2 aromatic rings. The maximum atomic E-state index is 12.8. The molecule has 0 bridgehead atoms. The SMILES string of the molecule is CC(C)c1ccccc1NC(=O)NCC(O)COc1ccc(F)cc1. The van der Waals surface area contributed by atoms with Gasteiger partial charge in [0, 0.05) is 12.2 Å². The van der Waals surface area contributed by atoms with E-state index in [-0.39, 0.29) is 24.9 Å². The Morgan fingerprint density at radius 2 is 1.84 bits per heavy atom. The summed E-state index contributed by atoms with van der Waals surface area (Å²) in [7, 11) is 0. The standard InChI is InChI=1S/C19H23FN2O3/c1-13(2)17-5-3-4-6-18(17)22-19(24)21-11-15(23)12-25-16-9-7-14(20)8-10-16/h3-10,13,15,23H,11-12H2,1-2H3,(H2,21,22,24). The topological polar surface area (TPSA) is 70.6 Å². The van der Waals surface area contributed by atoms with Crippen LogP contribution in [-0.4, -0.2) is 30.4 Å². The lowest BCUT2D eigenvalue weighted by Gasteiger charge is -2.16. The van der Waals surface area contributed by atoms with Gasteiger partial charge in [-0.05, 0) is 41.8 Å². The normalized spacial score (nSPS) is 11.9. The third-order valence-corrected chi connectivity index (χ3v) is 3.59. The molecule has 5 nitrogen and oxygen atoms in total. The van der Waals surface area contributed by atoms with E-state index in [4.69, 9.17) is 4.74 Å². The van der Waals surface area contributed by atoms with Crippen LogP contribution in [-0.2, 0) is 0 Å². The fraction of sp³-hybridized carbons (Fsp3) is 0.316. The molecule has 0 aliphatic heterocycles. The first-order chi connectivity index (χ1) is 12.0. The molecule has 0 aromatic heterocycles. The molecule has 2 rings (SSSR count). The predicted molar refractivity (Wildman–Crippen MR) is 95.5 cm³/mol. The summed E-state index contributed by atoms with van der Waals surface area (Å²) < 4.78 is 18.1. The van der Waals surface area contributed by atoms with Gasteiger partial charge in [-0.2, -0.15) is 0 Å². The maximum Gasteiger partial charge on any atom is 0.319 e. The van der Waals surface area contributed by atoms with E-state index in [1.54, 1.807) is 0 Å². The van der Waals surface area contributed by atoms with Gasteiger partial charge < -0.3 is 20.5 Å². The lowest BCUT2D eigenvalue weighted by molar-refractivity contribution is 0.108. The molecule has 2 amide bonds. The number of nitrogens with one attached hydrogen (secondary N) is 2. The van der Waals surface area contributed by atoms with Crippen LogP contribution in [0.15, 0.2) is 48.5 Å². The zero-order valence-electron chi connectivity index (χ0n) is 14.3. The molecule has 1 atom stereocenters. The van der Waals surface area contributed by atoms with Gasteiger partial charge in [0.1, 0.15) is 24.3 Å². The highest BCUT2D eigenvalue weighted by atomic mass is 19.1. The van der Waals surface area contributed by atoms with Crippen molar-refractivity contribution in [1.82, 2.24) is 5.32 Å². The largest absolute Gasteiger partial charge is 0.491 e. The predicted octanol–water partition coefficient (Wildman–Crippen LogP) is 3.51. The van der Waals surface area contributed by atoms with Gasteiger partial charge in [0.25, 0.3) is 0 Å². The van der Waals surface area contributed by atoms with Crippen LogP contribution < -0.4 is 15.4 Å². The van der Waals surface area contributed by atoms with Crippen molar-refractivity contribution in [3.8, 4) is 5.75 Å². The Morgan fingerprint density at radius 1 is 1.16 bits per heavy atom. The molecule has 0 fully saturated rings. The number of benzene rings is 2. The van der Waals surface area contributed by atoms with Crippen LogP contribution in [0, 0.1) is 5.82 Å². The molecule has 25 heavy (non-hydrogen) atoms. The second-order valence-corrected chi connectivity index (χ2v) is 6.00. The van der Waals surface area contributed by atoms with Gasteiger partial charge in [-0.15, -0.1) is 0 Å². The molecule has 0 heterocycles. The fourth-order valence-corrected chi connectivity index (χ4v) is 2.27. The fourth-order valence-electron chi connectivity index (χ4n) is 2.27. The highest BCUT2D eigenvalue weighted by molar-refractivity contribution is 5.90. The lowest BCUT2D eigenvalue weighted by atomic mass is 10.0. The second kappa shape index (κ2) is 9.03. The lowest BCUT2D eigenvalue weighted by Crippen LogP contribution is -2.37. The Labute approximate surface area is 146 Å². The molecule has 134 valence electrons. The first-order valence-electron chi connectivity index (χ1n) is 8.16. The summed E-state index contributed by atoms with van der Waals surface area (Å²) in [5.41, 5.74) is 1.78. The number of hydrogen-bond donors (Lipinski definition) is 3. The van der Waals surface area contributed by atoms with E-state index in [2.05, 4.69) is 24.5 Å². The minimum Gasteiger partial charge on any atom is -0.491 e. The molecule has 0 aliphatic carbocycles. The van der Waals surface area contributed by atoms with E-state index in [0.29, 0.717) is 5.75 Å². The Kier molecular flexibility index (Phi) is 6.77. The number of carbonyl (C=O) groups is 1. The summed E-state index contributed by atoms with van der Waals surface area (Å²) >= 11 is 0. The van der Waals surface area contributed by atoms with Gasteiger partial charge in [-0.25, -0.2) is 9.18 Å². The van der Waals surface area contributed by atoms with Crippen molar-refractivity contribution < 1.29 is 19.0 Å². The average molecular weight is 346 g/mol. The molecule has 0 radical (unpaired) electrons. The van der Waals surface area contributed by atoms with Crippen molar-refractivity contribution in [3.63, 3.8) is 0 Å². The number of halogens is 1. The molecule has 3 N–H and O–H groups in total. The monoisotopic (exact) mass is 346 g/mol. The Bertz CT molecular complexity index is 689. The van der Waals surface area contributed by atoms with Crippen LogP contribution in [0.5, 0.6) is 5.75 Å². The van der Waals surface area contributed by atoms with E-state index >= 15 is 0 Å². The van der Waals surface area contributed by atoms with Crippen LogP contribution in [0.25, 0.3) is 0 Å². The third kappa shape index (κ3) is 6.08. The number of aliphatic hydroxyl groups is 1. The number of ether oxygens (including phenoxy) is 1. The van der Waals surface area contributed by atoms with Crippen molar-refractivity contribution in [2.24, 2.45) is 0 Å². The van der Waals surface area contributed by atoms with Crippen LogP contribution in [0.2, 0.25) is 0 Å². The van der Waals surface area contributed by atoms with E-state index in [1.165, 1.54) is 24.3 Å². The van der Waals surface area contributed by atoms with E-state index < -0.39 is 12.1 Å². The van der Waals surface area contributed by atoms with Crippen LogP contribution in [0.3, 0.4) is 0 Å². The first kappa shape index (κ1) is 18.7. The summed E-state index contributed by atoms with van der Waals surface area (Å²) in [5.74, 6) is 0.384. The zero-order valence-corrected chi connectivity index (χ0v) is 14.3. The first-order valence-corrected chi connectivity index (χ1v) is 8.16. The average Bonchev–Trinajstić information content (AvgIpc) is 2.59. The zero-order chi connectivity index (χ0) is 18.2. The summed E-state index contributed by atoms with van der Waals surface area (Å²) in [4.78, 5) is 12.0. The number of anilines is 1. The molecule has 0 aliphatic rings. The van der Waals surface area contributed by atoms with Crippen molar-refractivity contribution in [1.29, 1.82) is 0 Å². The second-order valence-electron chi connectivity index (χ2n) is 6.00. The number of aliphatic hydroxyl groups excluding tert-OH is 1. The van der Waals surface area contributed by atoms with Crippen LogP contribution >= 0.6 is 0 Å². The van der Waals surface area contributed by atoms with Crippen LogP contribution in [0.1, 0.15) is 25.3 Å². The number of urea groups is 1. The van der Waals surface area contributed by atoms with E-state index in [0.717, 1.165) is 11.3 Å². The molecular formula is C19H23FN2O3. The molecule has 2 aromatic carbocycles. The minimum absolute atomic E-state index is 0.00546. The van der Waals surface area contributed by atoms with Gasteiger partial charge in [0.2, 0.25) is 0 Å². The smallest absolute Gasteiger partial charge is 0.319 e.